The van der Waals surface area contributed by atoms with E-state index in [4.69, 9.17) is 4.89 Å². The van der Waals surface area contributed by atoms with Crippen LogP contribution in [0.5, 0.6) is 0 Å². The normalized spacial score (nSPS) is 14.7. The Balaban J connectivity index is -0.000000291. The van der Waals surface area contributed by atoms with Gasteiger partial charge in [0.15, 0.2) is 6.16 Å². The molecule has 0 bridgehead atoms. The molecule has 1 aromatic carbocycles. The first kappa shape index (κ1) is 30.8. The molecule has 2 rings (SSSR count). The van der Waals surface area contributed by atoms with E-state index < -0.39 is 19.8 Å². The van der Waals surface area contributed by atoms with Gasteiger partial charge in [-0.3, -0.25) is 0 Å². The highest BCUT2D eigenvalue weighted by Crippen LogP contribution is 2.45. The topological polar surface area (TPSA) is 37.3 Å². The lowest BCUT2D eigenvalue weighted by atomic mass is 10.1. The molecular formula is C17H31F3O2PS3+. The molecular weight excluding hydrogens is 420 g/mol. The van der Waals surface area contributed by atoms with Crippen molar-refractivity contribution >= 4 is 42.2 Å². The van der Waals surface area contributed by atoms with Crippen LogP contribution in [0.15, 0.2) is 30.3 Å². The molecule has 0 amide bonds. The van der Waals surface area contributed by atoms with E-state index in [-0.39, 0.29) is 0 Å². The first-order valence-corrected chi connectivity index (χ1v) is 12.7. The molecule has 1 aromatic rings. The predicted octanol–water partition coefficient (Wildman–Crippen LogP) is 7.57. The highest BCUT2D eigenvalue weighted by molar-refractivity contribution is 8.77. The summed E-state index contributed by atoms with van der Waals surface area (Å²) in [6.45, 7) is 10.3. The fourth-order valence-corrected chi connectivity index (χ4v) is 4.18. The minimum atomic E-state index is -4.21. The van der Waals surface area contributed by atoms with Crippen molar-refractivity contribution in [3.63, 3.8) is 0 Å². The lowest BCUT2D eigenvalue weighted by Crippen LogP contribution is -2.07. The highest BCUT2D eigenvalue weighted by atomic mass is 33.1. The third-order valence-electron chi connectivity index (χ3n) is 2.44. The van der Waals surface area contributed by atoms with Crippen LogP contribution >= 0.6 is 42.2 Å². The van der Waals surface area contributed by atoms with Crippen molar-refractivity contribution in [3.8, 4) is 0 Å². The van der Waals surface area contributed by atoms with Crippen LogP contribution in [0.2, 0.25) is 0 Å². The van der Waals surface area contributed by atoms with Gasteiger partial charge in [-0.25, -0.2) is 0 Å². The van der Waals surface area contributed by atoms with E-state index in [1.807, 2.05) is 35.4 Å². The van der Waals surface area contributed by atoms with Crippen LogP contribution in [0.4, 0.5) is 13.2 Å². The van der Waals surface area contributed by atoms with E-state index in [1.165, 1.54) is 24.3 Å². The fraction of sp³-hybridized carbons (Fsp3) is 0.647. The summed E-state index contributed by atoms with van der Waals surface area (Å²) >= 11 is 3.53. The van der Waals surface area contributed by atoms with Gasteiger partial charge in [-0.15, -0.1) is 0 Å². The molecule has 2 nitrogen and oxygen atoms in total. The molecule has 1 unspecified atom stereocenters. The molecule has 0 saturated carbocycles. The Morgan fingerprint density at radius 1 is 1.19 bits per heavy atom. The second kappa shape index (κ2) is 18.5. The fourth-order valence-electron chi connectivity index (χ4n) is 1.16. The van der Waals surface area contributed by atoms with Crippen LogP contribution < -0.4 is 0 Å². The second-order valence-electron chi connectivity index (χ2n) is 4.95. The molecule has 1 aliphatic rings. The van der Waals surface area contributed by atoms with Crippen molar-refractivity contribution in [3.05, 3.63) is 35.9 Å². The van der Waals surface area contributed by atoms with Crippen LogP contribution in [-0.4, -0.2) is 27.8 Å². The molecule has 0 aliphatic carbocycles. The third kappa shape index (κ3) is 20.4. The monoisotopic (exact) mass is 451 g/mol. The van der Waals surface area contributed by atoms with Gasteiger partial charge < -0.3 is 0 Å². The SMILES string of the molecule is CC.CC1(C)CCSS1.CC[P+](=O)O.CS.FC(F)(F)c1ccccc1. The van der Waals surface area contributed by atoms with Crippen LogP contribution in [0.25, 0.3) is 0 Å². The van der Waals surface area contributed by atoms with E-state index in [1.54, 1.807) is 19.2 Å². The van der Waals surface area contributed by atoms with Crippen molar-refractivity contribution in [2.45, 2.75) is 52.0 Å². The molecule has 9 heteroatoms. The van der Waals surface area contributed by atoms with E-state index in [0.29, 0.717) is 10.9 Å². The van der Waals surface area contributed by atoms with Gasteiger partial charge in [-0.05, 0) is 38.0 Å². The van der Waals surface area contributed by atoms with Gasteiger partial charge in [0, 0.05) is 10.5 Å². The van der Waals surface area contributed by atoms with Gasteiger partial charge in [0.25, 0.3) is 0 Å². The first-order chi connectivity index (χ1) is 12.1. The third-order valence-corrected chi connectivity index (χ3v) is 6.34. The molecule has 1 atom stereocenters. The summed E-state index contributed by atoms with van der Waals surface area (Å²) in [5.74, 6) is 1.34. The number of alkyl halides is 3. The Kier molecular flexibility index (Phi) is 21.9. The van der Waals surface area contributed by atoms with Gasteiger partial charge in [0.1, 0.15) is 0 Å². The Hall–Kier alpha value is 0.120. The van der Waals surface area contributed by atoms with Gasteiger partial charge >= 0.3 is 14.2 Å². The maximum absolute atomic E-state index is 11.8. The van der Waals surface area contributed by atoms with Crippen LogP contribution in [-0.2, 0) is 10.7 Å². The van der Waals surface area contributed by atoms with Crippen molar-refractivity contribution < 1.29 is 22.6 Å². The summed E-state index contributed by atoms with van der Waals surface area (Å²) < 4.78 is 45.5. The van der Waals surface area contributed by atoms with Gasteiger partial charge in [-0.1, -0.05) is 65.8 Å². The second-order valence-corrected chi connectivity index (χ2v) is 9.41. The number of thiol groups is 1. The summed E-state index contributed by atoms with van der Waals surface area (Å²) in [5.41, 5.74) is -0.602. The first-order valence-electron chi connectivity index (χ1n) is 8.09. The molecule has 154 valence electrons. The lowest BCUT2D eigenvalue weighted by Gasteiger charge is -2.11. The molecule has 1 N–H and O–H groups in total. The zero-order valence-electron chi connectivity index (χ0n) is 16.2. The molecule has 0 radical (unpaired) electrons. The van der Waals surface area contributed by atoms with Gasteiger partial charge in [0.05, 0.1) is 5.56 Å². The summed E-state index contributed by atoms with van der Waals surface area (Å²) in [6.07, 6.45) is -0.765. The van der Waals surface area contributed by atoms with Crippen molar-refractivity contribution in [2.75, 3.05) is 18.2 Å². The number of benzene rings is 1. The average molecular weight is 452 g/mol. The summed E-state index contributed by atoms with van der Waals surface area (Å²) in [6, 6.07) is 6.36. The molecule has 1 aliphatic heterocycles. The Labute approximate surface area is 170 Å². The Morgan fingerprint density at radius 3 is 1.77 bits per heavy atom. The van der Waals surface area contributed by atoms with Crippen LogP contribution in [0, 0.1) is 0 Å². The summed E-state index contributed by atoms with van der Waals surface area (Å²) in [4.78, 5) is 7.87. The van der Waals surface area contributed by atoms with Crippen LogP contribution in [0.1, 0.15) is 46.6 Å². The lowest BCUT2D eigenvalue weighted by molar-refractivity contribution is -0.137. The predicted molar refractivity (Wildman–Crippen MR) is 117 cm³/mol. The molecule has 1 saturated heterocycles. The van der Waals surface area contributed by atoms with E-state index >= 15 is 0 Å². The van der Waals surface area contributed by atoms with Crippen molar-refractivity contribution in [2.24, 2.45) is 0 Å². The van der Waals surface area contributed by atoms with Crippen molar-refractivity contribution in [1.82, 2.24) is 0 Å². The molecule has 26 heavy (non-hydrogen) atoms. The average Bonchev–Trinajstić information content (AvgIpc) is 3.04. The molecule has 0 aromatic heterocycles. The summed E-state index contributed by atoms with van der Waals surface area (Å²) in [5, 5.41) is 0. The van der Waals surface area contributed by atoms with E-state index in [2.05, 4.69) is 26.5 Å². The van der Waals surface area contributed by atoms with Gasteiger partial charge in [-0.2, -0.15) is 30.7 Å². The van der Waals surface area contributed by atoms with Crippen LogP contribution in [0.3, 0.4) is 0 Å². The maximum atomic E-state index is 11.8. The Bertz CT molecular complexity index is 437. The largest absolute Gasteiger partial charge is 0.505 e. The minimum absolute atomic E-state index is 0.370. The zero-order valence-corrected chi connectivity index (χ0v) is 19.6. The smallest absolute Gasteiger partial charge is 0.183 e. The highest BCUT2D eigenvalue weighted by Gasteiger charge is 2.29. The minimum Gasteiger partial charge on any atom is -0.183 e. The van der Waals surface area contributed by atoms with Gasteiger partial charge in [0.2, 0.25) is 0 Å². The number of halogens is 3. The number of hydrogen-bond donors (Lipinski definition) is 2. The van der Waals surface area contributed by atoms with E-state index in [9.17, 15) is 17.7 Å². The quantitative estimate of drug-likeness (QED) is 0.262. The molecule has 1 heterocycles. The molecule has 0 spiro atoms. The number of hydrogen-bond acceptors (Lipinski definition) is 4. The van der Waals surface area contributed by atoms with E-state index in [0.717, 1.165) is 12.1 Å². The standard InChI is InChI=1S/C7H5F3.C5H10S2.C2H5O2P.C2H6.CH4S/c8-7(9,10)6-4-2-1-3-5-6;1-5(2)3-4-6-7-5;1-2-5(3)4;2*1-2/h1-5H;3-4H2,1-2H3;2H2,1H3;1-2H3;2H,1H3/p+1. The zero-order chi connectivity index (χ0) is 21.2. The van der Waals surface area contributed by atoms with Crippen molar-refractivity contribution in [1.29, 1.82) is 0 Å². The Morgan fingerprint density at radius 2 is 1.62 bits per heavy atom. The molecule has 1 fully saturated rings. The number of rotatable bonds is 1. The summed E-state index contributed by atoms with van der Waals surface area (Å²) in [7, 11) is 2.17. The maximum Gasteiger partial charge on any atom is 0.505 e.